The molecule has 0 spiro atoms. The second kappa shape index (κ2) is 4.61. The number of fused-ring (bicyclic) bond motifs is 2. The lowest BCUT2D eigenvalue weighted by atomic mass is 9.83. The van der Waals surface area contributed by atoms with E-state index in [9.17, 15) is 9.59 Å². The number of nitrogens with zero attached hydrogens (tertiary/aromatic N) is 1. The van der Waals surface area contributed by atoms with Gasteiger partial charge in [0.15, 0.2) is 6.23 Å². The molecule has 0 aromatic heterocycles. The van der Waals surface area contributed by atoms with Crippen LogP contribution in [0.15, 0.2) is 24.9 Å². The minimum atomic E-state index is -0.536. The average molecular weight is 237 g/mol. The van der Waals surface area contributed by atoms with E-state index in [0.29, 0.717) is 12.8 Å². The third-order valence-corrected chi connectivity index (χ3v) is 3.16. The van der Waals surface area contributed by atoms with Crippen LogP contribution in [0.3, 0.4) is 0 Å². The largest absolute Gasteiger partial charge is 0.452 e. The molecule has 5 nitrogen and oxygen atoms in total. The van der Waals surface area contributed by atoms with Gasteiger partial charge in [0.05, 0.1) is 13.0 Å². The Labute approximate surface area is 99.7 Å². The predicted molar refractivity (Wildman–Crippen MR) is 59.7 cm³/mol. The molecule has 2 aliphatic heterocycles. The van der Waals surface area contributed by atoms with Crippen LogP contribution < -0.4 is 0 Å². The highest BCUT2D eigenvalue weighted by molar-refractivity contribution is 5.76. The van der Waals surface area contributed by atoms with Crippen molar-refractivity contribution in [3.05, 3.63) is 24.9 Å². The molecule has 0 aromatic carbocycles. The molecule has 0 aromatic rings. The maximum absolute atomic E-state index is 11.8. The third kappa shape index (κ3) is 2.05. The number of hydrogen-bond acceptors (Lipinski definition) is 4. The van der Waals surface area contributed by atoms with Crippen LogP contribution in [0.4, 0.5) is 4.79 Å². The number of carbonyl (C=O) groups excluding carboxylic acids is 2. The van der Waals surface area contributed by atoms with Gasteiger partial charge in [-0.3, -0.25) is 4.79 Å². The van der Waals surface area contributed by atoms with Crippen LogP contribution in [0.2, 0.25) is 0 Å². The van der Waals surface area contributed by atoms with Gasteiger partial charge in [0.25, 0.3) is 0 Å². The lowest BCUT2D eigenvalue weighted by Crippen LogP contribution is -2.49. The van der Waals surface area contributed by atoms with Crippen molar-refractivity contribution in [1.29, 1.82) is 0 Å². The van der Waals surface area contributed by atoms with Crippen LogP contribution in [0.25, 0.3) is 0 Å². The first kappa shape index (κ1) is 11.7. The van der Waals surface area contributed by atoms with E-state index in [-0.39, 0.29) is 17.8 Å². The van der Waals surface area contributed by atoms with Crippen LogP contribution in [0.1, 0.15) is 12.8 Å². The van der Waals surface area contributed by atoms with E-state index in [1.54, 1.807) is 12.3 Å². The molecule has 0 aliphatic carbocycles. The Kier molecular flexibility index (Phi) is 3.17. The molecule has 3 atom stereocenters. The molecular weight excluding hydrogens is 222 g/mol. The van der Waals surface area contributed by atoms with E-state index in [4.69, 9.17) is 4.74 Å². The minimum Gasteiger partial charge on any atom is -0.452 e. The van der Waals surface area contributed by atoms with Crippen LogP contribution in [0, 0.1) is 11.8 Å². The molecule has 1 amide bonds. The fourth-order valence-electron chi connectivity index (χ4n) is 2.26. The van der Waals surface area contributed by atoms with Gasteiger partial charge in [-0.2, -0.15) is 0 Å². The highest BCUT2D eigenvalue weighted by atomic mass is 16.6. The normalized spacial score (nSPS) is 30.8. The summed E-state index contributed by atoms with van der Waals surface area (Å²) in [6, 6.07) is 0. The Morgan fingerprint density at radius 2 is 2.53 bits per heavy atom. The van der Waals surface area contributed by atoms with Crippen LogP contribution in [-0.4, -0.2) is 30.3 Å². The monoisotopic (exact) mass is 237 g/mol. The van der Waals surface area contributed by atoms with Gasteiger partial charge in [0, 0.05) is 12.6 Å². The summed E-state index contributed by atoms with van der Waals surface area (Å²) < 4.78 is 9.86. The zero-order chi connectivity index (χ0) is 12.4. The first-order valence-electron chi connectivity index (χ1n) is 5.53. The Morgan fingerprint density at radius 1 is 1.76 bits per heavy atom. The topological polar surface area (TPSA) is 55.8 Å². The van der Waals surface area contributed by atoms with E-state index in [2.05, 4.69) is 11.3 Å². The number of methoxy groups -OCH3 is 1. The molecule has 1 saturated heterocycles. The molecule has 2 aliphatic rings. The summed E-state index contributed by atoms with van der Waals surface area (Å²) in [6.07, 6.45) is 5.38. The van der Waals surface area contributed by atoms with Crippen molar-refractivity contribution < 1.29 is 19.1 Å². The SMILES string of the molecule is C=CC[C@H]1C(=O)O[C@@H]2C[C@H]1C=CN2C(=O)OC. The zero-order valence-corrected chi connectivity index (χ0v) is 9.67. The van der Waals surface area contributed by atoms with Crippen molar-refractivity contribution in [2.24, 2.45) is 11.8 Å². The molecule has 17 heavy (non-hydrogen) atoms. The van der Waals surface area contributed by atoms with Crippen LogP contribution >= 0.6 is 0 Å². The predicted octanol–water partition coefficient (Wildman–Crippen LogP) is 1.66. The second-order valence-electron chi connectivity index (χ2n) is 4.14. The van der Waals surface area contributed by atoms with Crippen LogP contribution in [0.5, 0.6) is 0 Å². The summed E-state index contributed by atoms with van der Waals surface area (Å²) in [5, 5.41) is 0. The standard InChI is InChI=1S/C12H15NO4/c1-3-4-9-8-5-6-13(12(15)16-2)10(7-8)17-11(9)14/h3,5-6,8-10H,1,4,7H2,2H3/t8-,9-,10-/m1/s1. The quantitative estimate of drug-likeness (QED) is 0.541. The summed E-state index contributed by atoms with van der Waals surface area (Å²) in [5.74, 6) is -0.343. The van der Waals surface area contributed by atoms with Gasteiger partial charge in [-0.1, -0.05) is 12.2 Å². The van der Waals surface area contributed by atoms with E-state index in [0.717, 1.165) is 0 Å². The average Bonchev–Trinajstić information content (AvgIpc) is 2.33. The minimum absolute atomic E-state index is 0.111. The maximum atomic E-state index is 11.8. The van der Waals surface area contributed by atoms with Crippen molar-refractivity contribution in [3.63, 3.8) is 0 Å². The molecule has 5 heteroatoms. The molecular formula is C12H15NO4. The number of esters is 1. The third-order valence-electron chi connectivity index (χ3n) is 3.16. The van der Waals surface area contributed by atoms with Crippen molar-refractivity contribution in [1.82, 2.24) is 4.90 Å². The van der Waals surface area contributed by atoms with Gasteiger partial charge >= 0.3 is 12.1 Å². The second-order valence-corrected chi connectivity index (χ2v) is 4.14. The van der Waals surface area contributed by atoms with Crippen molar-refractivity contribution in [2.45, 2.75) is 19.1 Å². The first-order chi connectivity index (χ1) is 8.17. The summed E-state index contributed by atoms with van der Waals surface area (Å²) in [4.78, 5) is 24.5. The Balaban J connectivity index is 2.18. The molecule has 1 fully saturated rings. The van der Waals surface area contributed by atoms with Gasteiger partial charge in [0.1, 0.15) is 0 Å². The number of amides is 1. The zero-order valence-electron chi connectivity index (χ0n) is 9.67. The highest BCUT2D eigenvalue weighted by Gasteiger charge is 2.42. The van der Waals surface area contributed by atoms with Crippen molar-refractivity contribution >= 4 is 12.1 Å². The Morgan fingerprint density at radius 3 is 3.18 bits per heavy atom. The number of allylic oxidation sites excluding steroid dienone is 2. The summed E-state index contributed by atoms with van der Waals surface area (Å²) >= 11 is 0. The number of carbonyl (C=O) groups is 2. The fraction of sp³-hybridized carbons (Fsp3) is 0.500. The lowest BCUT2D eigenvalue weighted by Gasteiger charge is -2.40. The van der Waals surface area contributed by atoms with Gasteiger partial charge in [0.2, 0.25) is 0 Å². The fourth-order valence-corrected chi connectivity index (χ4v) is 2.26. The first-order valence-corrected chi connectivity index (χ1v) is 5.53. The van der Waals surface area contributed by atoms with Gasteiger partial charge in [-0.15, -0.1) is 6.58 Å². The summed E-state index contributed by atoms with van der Waals surface area (Å²) in [6.45, 7) is 3.64. The number of hydrogen-bond donors (Lipinski definition) is 0. The van der Waals surface area contributed by atoms with E-state index >= 15 is 0 Å². The summed E-state index contributed by atoms with van der Waals surface area (Å²) in [5.41, 5.74) is 0. The highest BCUT2D eigenvalue weighted by Crippen LogP contribution is 2.35. The molecule has 0 radical (unpaired) electrons. The number of rotatable bonds is 2. The van der Waals surface area contributed by atoms with Gasteiger partial charge < -0.3 is 9.47 Å². The van der Waals surface area contributed by atoms with Crippen molar-refractivity contribution in [3.8, 4) is 0 Å². The Bertz CT molecular complexity index is 377. The molecule has 0 unspecified atom stereocenters. The van der Waals surface area contributed by atoms with Gasteiger partial charge in [-0.25, -0.2) is 9.69 Å². The van der Waals surface area contributed by atoms with E-state index in [1.165, 1.54) is 12.0 Å². The molecule has 0 saturated carbocycles. The van der Waals surface area contributed by atoms with Gasteiger partial charge in [-0.05, 0) is 12.3 Å². The maximum Gasteiger partial charge on any atom is 0.416 e. The molecule has 2 heterocycles. The van der Waals surface area contributed by atoms with E-state index < -0.39 is 12.3 Å². The van der Waals surface area contributed by atoms with E-state index in [1.807, 2.05) is 6.08 Å². The molecule has 92 valence electrons. The summed E-state index contributed by atoms with van der Waals surface area (Å²) in [7, 11) is 1.30. The van der Waals surface area contributed by atoms with Crippen LogP contribution in [-0.2, 0) is 14.3 Å². The number of ether oxygens (including phenoxy) is 2. The Hall–Kier alpha value is -1.78. The smallest absolute Gasteiger partial charge is 0.416 e. The molecule has 0 N–H and O–H groups in total. The molecule has 2 bridgehead atoms. The van der Waals surface area contributed by atoms with Crippen molar-refractivity contribution in [2.75, 3.05) is 7.11 Å². The lowest BCUT2D eigenvalue weighted by molar-refractivity contribution is -0.173. The molecule has 2 rings (SSSR count).